The van der Waals surface area contributed by atoms with E-state index in [-0.39, 0.29) is 0 Å². The van der Waals surface area contributed by atoms with E-state index in [0.717, 1.165) is 19.0 Å². The Morgan fingerprint density at radius 1 is 1.36 bits per heavy atom. The molecular formula is C12H12BrN. The van der Waals surface area contributed by atoms with Crippen LogP contribution >= 0.6 is 15.9 Å². The summed E-state index contributed by atoms with van der Waals surface area (Å²) in [4.78, 5) is 0. The molecule has 1 nitrogen and oxygen atoms in total. The van der Waals surface area contributed by atoms with Crippen LogP contribution in [0.1, 0.15) is 11.1 Å². The minimum Gasteiger partial charge on any atom is -0.312 e. The molecule has 14 heavy (non-hydrogen) atoms. The predicted octanol–water partition coefficient (Wildman–Crippen LogP) is 2.61. The average molecular weight is 250 g/mol. The van der Waals surface area contributed by atoms with Crippen molar-refractivity contribution in [1.29, 1.82) is 0 Å². The first kappa shape index (κ1) is 8.69. The van der Waals surface area contributed by atoms with Gasteiger partial charge in [0.2, 0.25) is 0 Å². The van der Waals surface area contributed by atoms with Crippen LogP contribution in [0.15, 0.2) is 28.2 Å². The third-order valence-corrected chi connectivity index (χ3v) is 3.65. The summed E-state index contributed by atoms with van der Waals surface area (Å²) in [6.07, 6.45) is 3.56. The second kappa shape index (κ2) is 3.21. The van der Waals surface area contributed by atoms with Gasteiger partial charge in [-0.3, -0.25) is 0 Å². The molecule has 0 spiro atoms. The molecule has 2 heteroatoms. The highest BCUT2D eigenvalue weighted by Crippen LogP contribution is 2.31. The summed E-state index contributed by atoms with van der Waals surface area (Å²) in [6.45, 7) is 2.23. The third kappa shape index (κ3) is 1.33. The lowest BCUT2D eigenvalue weighted by molar-refractivity contribution is 0.645. The fraction of sp³-hybridized carbons (Fsp3) is 0.333. The molecule has 1 unspecified atom stereocenters. The second-order valence-corrected chi connectivity index (χ2v) is 5.01. The molecule has 1 aromatic carbocycles. The van der Waals surface area contributed by atoms with Crippen LogP contribution in [0.2, 0.25) is 0 Å². The van der Waals surface area contributed by atoms with Gasteiger partial charge in [-0.25, -0.2) is 0 Å². The molecule has 1 N–H and O–H groups in total. The van der Waals surface area contributed by atoms with Crippen molar-refractivity contribution in [1.82, 2.24) is 5.32 Å². The van der Waals surface area contributed by atoms with Gasteiger partial charge in [-0.05, 0) is 35.6 Å². The van der Waals surface area contributed by atoms with Gasteiger partial charge in [-0.1, -0.05) is 33.6 Å². The van der Waals surface area contributed by atoms with Gasteiger partial charge in [0.05, 0.1) is 0 Å². The van der Waals surface area contributed by atoms with Crippen molar-refractivity contribution in [3.63, 3.8) is 0 Å². The fourth-order valence-electron chi connectivity index (χ4n) is 2.40. The zero-order valence-corrected chi connectivity index (χ0v) is 9.47. The van der Waals surface area contributed by atoms with Crippen LogP contribution in [-0.4, -0.2) is 13.1 Å². The van der Waals surface area contributed by atoms with Crippen LogP contribution in [0.3, 0.4) is 0 Å². The maximum absolute atomic E-state index is 3.53. The zero-order valence-electron chi connectivity index (χ0n) is 7.89. The van der Waals surface area contributed by atoms with Gasteiger partial charge in [-0.2, -0.15) is 0 Å². The van der Waals surface area contributed by atoms with Crippen LogP contribution in [-0.2, 0) is 6.42 Å². The Morgan fingerprint density at radius 2 is 2.29 bits per heavy atom. The van der Waals surface area contributed by atoms with E-state index in [1.54, 1.807) is 5.57 Å². The monoisotopic (exact) mass is 249 g/mol. The van der Waals surface area contributed by atoms with E-state index in [9.17, 15) is 0 Å². The molecule has 3 rings (SSSR count). The molecule has 72 valence electrons. The molecule has 2 aliphatic rings. The van der Waals surface area contributed by atoms with Crippen LogP contribution in [0, 0.1) is 5.92 Å². The lowest BCUT2D eigenvalue weighted by Crippen LogP contribution is -2.13. The van der Waals surface area contributed by atoms with Crippen molar-refractivity contribution in [2.24, 2.45) is 5.92 Å². The number of hydrogen-bond acceptors (Lipinski definition) is 1. The maximum Gasteiger partial charge on any atom is 0.0178 e. The molecule has 0 bridgehead atoms. The van der Waals surface area contributed by atoms with Gasteiger partial charge in [-0.15, -0.1) is 0 Å². The first-order valence-corrected chi connectivity index (χ1v) is 5.82. The van der Waals surface area contributed by atoms with Crippen molar-refractivity contribution in [3.05, 3.63) is 39.4 Å². The minimum absolute atomic E-state index is 0.747. The second-order valence-electron chi connectivity index (χ2n) is 4.09. The number of fused-ring (bicyclic) bond motifs is 2. The quantitative estimate of drug-likeness (QED) is 0.746. The fourth-order valence-corrected chi connectivity index (χ4v) is 2.80. The van der Waals surface area contributed by atoms with E-state index in [4.69, 9.17) is 0 Å². The molecule has 0 amide bonds. The summed E-state index contributed by atoms with van der Waals surface area (Å²) >= 11 is 3.53. The number of benzene rings is 1. The summed E-state index contributed by atoms with van der Waals surface area (Å²) in [5.74, 6) is 0.747. The normalized spacial score (nSPS) is 24.1. The number of halogens is 1. The standard InChI is InChI=1S/C12H12BrN/c13-12-2-1-8-3-10-6-14-7-11(10)4-9(8)5-12/h1-3,5,11,14H,4,6-7H2. The van der Waals surface area contributed by atoms with E-state index < -0.39 is 0 Å². The van der Waals surface area contributed by atoms with E-state index in [1.165, 1.54) is 22.0 Å². The summed E-state index contributed by atoms with van der Waals surface area (Å²) in [7, 11) is 0. The lowest BCUT2D eigenvalue weighted by Gasteiger charge is -2.19. The van der Waals surface area contributed by atoms with Crippen molar-refractivity contribution in [2.75, 3.05) is 13.1 Å². The molecule has 1 aromatic rings. The van der Waals surface area contributed by atoms with Gasteiger partial charge >= 0.3 is 0 Å². The van der Waals surface area contributed by atoms with Gasteiger partial charge in [0.15, 0.2) is 0 Å². The Hall–Kier alpha value is -0.600. The van der Waals surface area contributed by atoms with E-state index in [1.807, 2.05) is 0 Å². The van der Waals surface area contributed by atoms with E-state index >= 15 is 0 Å². The molecule has 0 saturated carbocycles. The summed E-state index contributed by atoms with van der Waals surface area (Å²) in [5, 5.41) is 3.43. The zero-order chi connectivity index (χ0) is 9.54. The van der Waals surface area contributed by atoms with Gasteiger partial charge in [0, 0.05) is 17.6 Å². The lowest BCUT2D eigenvalue weighted by atomic mass is 9.85. The molecule has 0 radical (unpaired) electrons. The molecule has 1 fully saturated rings. The number of hydrogen-bond donors (Lipinski definition) is 1. The first-order valence-electron chi connectivity index (χ1n) is 5.02. The molecule has 1 aliphatic heterocycles. The van der Waals surface area contributed by atoms with Crippen LogP contribution in [0.5, 0.6) is 0 Å². The topological polar surface area (TPSA) is 12.0 Å². The molecule has 0 aromatic heterocycles. The Morgan fingerprint density at radius 3 is 3.21 bits per heavy atom. The predicted molar refractivity (Wildman–Crippen MR) is 62.2 cm³/mol. The smallest absolute Gasteiger partial charge is 0.0178 e. The van der Waals surface area contributed by atoms with Crippen LogP contribution < -0.4 is 5.32 Å². The summed E-state index contributed by atoms with van der Waals surface area (Å²) < 4.78 is 1.19. The number of rotatable bonds is 0. The van der Waals surface area contributed by atoms with Crippen LogP contribution in [0.4, 0.5) is 0 Å². The summed E-state index contributed by atoms with van der Waals surface area (Å²) in [5.41, 5.74) is 4.47. The van der Waals surface area contributed by atoms with Crippen LogP contribution in [0.25, 0.3) is 6.08 Å². The minimum atomic E-state index is 0.747. The van der Waals surface area contributed by atoms with Crippen molar-refractivity contribution in [2.45, 2.75) is 6.42 Å². The SMILES string of the molecule is Brc1ccc2c(c1)CC1CNCC1=C2. The van der Waals surface area contributed by atoms with Gasteiger partial charge < -0.3 is 5.32 Å². The Labute approximate surface area is 92.3 Å². The molecule has 1 heterocycles. The highest BCUT2D eigenvalue weighted by Gasteiger charge is 2.25. The largest absolute Gasteiger partial charge is 0.312 e. The molecule has 1 saturated heterocycles. The molecule has 1 aliphatic carbocycles. The first-order chi connectivity index (χ1) is 6.83. The highest BCUT2D eigenvalue weighted by molar-refractivity contribution is 9.10. The number of nitrogens with one attached hydrogen (secondary N) is 1. The van der Waals surface area contributed by atoms with E-state index in [0.29, 0.717) is 0 Å². The maximum atomic E-state index is 3.53. The van der Waals surface area contributed by atoms with Crippen molar-refractivity contribution < 1.29 is 0 Å². The van der Waals surface area contributed by atoms with Crippen molar-refractivity contribution >= 4 is 22.0 Å². The van der Waals surface area contributed by atoms with E-state index in [2.05, 4.69) is 45.5 Å². The van der Waals surface area contributed by atoms with Gasteiger partial charge in [0.25, 0.3) is 0 Å². The molecular weight excluding hydrogens is 238 g/mol. The Balaban J connectivity index is 2.09. The Kier molecular flexibility index (Phi) is 1.99. The highest BCUT2D eigenvalue weighted by atomic mass is 79.9. The molecule has 1 atom stereocenters. The van der Waals surface area contributed by atoms with Crippen molar-refractivity contribution in [3.8, 4) is 0 Å². The van der Waals surface area contributed by atoms with Gasteiger partial charge in [0.1, 0.15) is 0 Å². The average Bonchev–Trinajstić information content (AvgIpc) is 2.61. The Bertz CT molecular complexity index is 409. The summed E-state index contributed by atoms with van der Waals surface area (Å²) in [6, 6.07) is 6.58. The third-order valence-electron chi connectivity index (χ3n) is 3.16.